The highest BCUT2D eigenvalue weighted by atomic mass is 16.5. The number of anilines is 2. The Kier molecular flexibility index (Phi) is 4.98. The van der Waals surface area contributed by atoms with Gasteiger partial charge in [-0.2, -0.15) is 4.98 Å². The fraction of sp³-hybridized carbons (Fsp3) is 0.375. The van der Waals surface area contributed by atoms with Gasteiger partial charge in [-0.05, 0) is 50.1 Å². The number of likely N-dealkylation sites (N-methyl/N-ethyl adjacent to an activating group) is 1. The van der Waals surface area contributed by atoms with E-state index in [1.54, 1.807) is 0 Å². The molecule has 0 aliphatic heterocycles. The molecule has 0 fully saturated rings. The summed E-state index contributed by atoms with van der Waals surface area (Å²) in [5.74, 6) is 1.35. The standard InChI is InChI=1S/C16H22N4O/c1-12(2)21-16-14(17)4-5-15(19-16)20(3)11-8-13-6-9-18-10-7-13/h4-7,9-10,12H,8,11,17H2,1-3H3. The molecule has 21 heavy (non-hydrogen) atoms. The van der Waals surface area contributed by atoms with Crippen molar-refractivity contribution in [3.63, 3.8) is 0 Å². The monoisotopic (exact) mass is 286 g/mol. The maximum Gasteiger partial charge on any atom is 0.239 e. The Morgan fingerprint density at radius 2 is 1.90 bits per heavy atom. The Morgan fingerprint density at radius 1 is 1.19 bits per heavy atom. The minimum absolute atomic E-state index is 0.0529. The van der Waals surface area contributed by atoms with Crippen LogP contribution in [-0.4, -0.2) is 29.7 Å². The van der Waals surface area contributed by atoms with Gasteiger partial charge in [0, 0.05) is 26.0 Å². The van der Waals surface area contributed by atoms with E-state index in [0.29, 0.717) is 11.6 Å². The second-order valence-electron chi connectivity index (χ2n) is 5.26. The molecule has 2 aromatic rings. The van der Waals surface area contributed by atoms with Crippen LogP contribution in [-0.2, 0) is 6.42 Å². The summed E-state index contributed by atoms with van der Waals surface area (Å²) in [5, 5.41) is 0. The predicted octanol–water partition coefficient (Wildman–Crippen LogP) is 2.52. The van der Waals surface area contributed by atoms with E-state index in [-0.39, 0.29) is 6.10 Å². The lowest BCUT2D eigenvalue weighted by Gasteiger charge is -2.20. The number of aromatic nitrogens is 2. The summed E-state index contributed by atoms with van der Waals surface area (Å²) in [6.45, 7) is 4.78. The maximum atomic E-state index is 5.89. The molecule has 2 aromatic heterocycles. The van der Waals surface area contributed by atoms with Crippen LogP contribution in [0.2, 0.25) is 0 Å². The normalized spacial score (nSPS) is 10.7. The summed E-state index contributed by atoms with van der Waals surface area (Å²) < 4.78 is 5.63. The van der Waals surface area contributed by atoms with E-state index in [0.717, 1.165) is 18.8 Å². The second-order valence-corrected chi connectivity index (χ2v) is 5.26. The predicted molar refractivity (Wildman–Crippen MR) is 85.6 cm³/mol. The van der Waals surface area contributed by atoms with Crippen molar-refractivity contribution in [3.05, 3.63) is 42.2 Å². The Bertz CT molecular complexity index is 572. The fourth-order valence-electron chi connectivity index (χ4n) is 1.93. The highest BCUT2D eigenvalue weighted by molar-refractivity contribution is 5.54. The Labute approximate surface area is 125 Å². The van der Waals surface area contributed by atoms with E-state index in [1.165, 1.54) is 5.56 Å². The molecule has 0 radical (unpaired) electrons. The molecule has 5 heteroatoms. The third kappa shape index (κ3) is 4.34. The van der Waals surface area contributed by atoms with Crippen molar-refractivity contribution in [1.82, 2.24) is 9.97 Å². The zero-order valence-corrected chi connectivity index (χ0v) is 12.8. The number of nitrogens with zero attached hydrogens (tertiary/aromatic N) is 3. The fourth-order valence-corrected chi connectivity index (χ4v) is 1.93. The highest BCUT2D eigenvalue weighted by Gasteiger charge is 2.09. The quantitative estimate of drug-likeness (QED) is 0.884. The summed E-state index contributed by atoms with van der Waals surface area (Å²) >= 11 is 0. The van der Waals surface area contributed by atoms with E-state index in [4.69, 9.17) is 10.5 Å². The molecular weight excluding hydrogens is 264 g/mol. The van der Waals surface area contributed by atoms with Gasteiger partial charge in [-0.25, -0.2) is 0 Å². The van der Waals surface area contributed by atoms with Gasteiger partial charge in [0.25, 0.3) is 0 Å². The number of ether oxygens (including phenoxy) is 1. The van der Waals surface area contributed by atoms with Gasteiger partial charge < -0.3 is 15.4 Å². The van der Waals surface area contributed by atoms with E-state index in [2.05, 4.69) is 14.9 Å². The summed E-state index contributed by atoms with van der Waals surface area (Å²) in [6, 6.07) is 7.80. The molecule has 0 aromatic carbocycles. The Hall–Kier alpha value is -2.30. The molecule has 2 rings (SSSR count). The van der Waals surface area contributed by atoms with Crippen LogP contribution >= 0.6 is 0 Å². The first-order valence-corrected chi connectivity index (χ1v) is 7.09. The summed E-state index contributed by atoms with van der Waals surface area (Å²) in [7, 11) is 2.01. The molecule has 0 amide bonds. The van der Waals surface area contributed by atoms with Gasteiger partial charge in [0.05, 0.1) is 11.8 Å². The van der Waals surface area contributed by atoms with Crippen molar-refractivity contribution < 1.29 is 4.74 Å². The van der Waals surface area contributed by atoms with Crippen LogP contribution in [0.5, 0.6) is 5.88 Å². The molecule has 0 spiro atoms. The molecule has 0 unspecified atom stereocenters. The minimum atomic E-state index is 0.0529. The molecule has 0 aliphatic carbocycles. The van der Waals surface area contributed by atoms with Crippen molar-refractivity contribution >= 4 is 11.5 Å². The van der Waals surface area contributed by atoms with E-state index < -0.39 is 0 Å². The number of rotatable bonds is 6. The molecule has 0 saturated heterocycles. The van der Waals surface area contributed by atoms with Gasteiger partial charge in [0.1, 0.15) is 5.82 Å². The molecular formula is C16H22N4O. The number of pyridine rings is 2. The first-order valence-electron chi connectivity index (χ1n) is 7.09. The van der Waals surface area contributed by atoms with Crippen molar-refractivity contribution in [3.8, 4) is 5.88 Å². The first-order chi connectivity index (χ1) is 10.1. The topological polar surface area (TPSA) is 64.3 Å². The van der Waals surface area contributed by atoms with Crippen LogP contribution in [0.1, 0.15) is 19.4 Å². The molecule has 0 bridgehead atoms. The van der Waals surface area contributed by atoms with Gasteiger partial charge in [0.15, 0.2) is 0 Å². The third-order valence-electron chi connectivity index (χ3n) is 3.10. The first kappa shape index (κ1) is 15.1. The van der Waals surface area contributed by atoms with Crippen LogP contribution < -0.4 is 15.4 Å². The van der Waals surface area contributed by atoms with E-state index in [9.17, 15) is 0 Å². The van der Waals surface area contributed by atoms with Gasteiger partial charge >= 0.3 is 0 Å². The highest BCUT2D eigenvalue weighted by Crippen LogP contribution is 2.23. The molecule has 112 valence electrons. The van der Waals surface area contributed by atoms with Crippen LogP contribution in [0.25, 0.3) is 0 Å². The SMILES string of the molecule is CC(C)Oc1nc(N(C)CCc2ccncc2)ccc1N. The molecule has 2 heterocycles. The van der Waals surface area contributed by atoms with Gasteiger partial charge in [-0.3, -0.25) is 4.98 Å². The Morgan fingerprint density at radius 3 is 2.57 bits per heavy atom. The summed E-state index contributed by atoms with van der Waals surface area (Å²) in [4.78, 5) is 10.6. The van der Waals surface area contributed by atoms with E-state index in [1.807, 2.05) is 57.6 Å². The van der Waals surface area contributed by atoms with Gasteiger partial charge in [-0.15, -0.1) is 0 Å². The third-order valence-corrected chi connectivity index (χ3v) is 3.10. The zero-order chi connectivity index (χ0) is 15.2. The number of nitrogen functional groups attached to an aromatic ring is 1. The van der Waals surface area contributed by atoms with Crippen molar-refractivity contribution in [2.45, 2.75) is 26.4 Å². The molecule has 0 atom stereocenters. The van der Waals surface area contributed by atoms with Crippen LogP contribution in [0, 0.1) is 0 Å². The Balaban J connectivity index is 2.03. The average Bonchev–Trinajstić information content (AvgIpc) is 2.47. The second kappa shape index (κ2) is 6.92. The number of hydrogen-bond acceptors (Lipinski definition) is 5. The van der Waals surface area contributed by atoms with Crippen molar-refractivity contribution in [2.24, 2.45) is 0 Å². The van der Waals surface area contributed by atoms with Crippen LogP contribution in [0.3, 0.4) is 0 Å². The lowest BCUT2D eigenvalue weighted by atomic mass is 10.2. The largest absolute Gasteiger partial charge is 0.473 e. The maximum absolute atomic E-state index is 5.89. The lowest BCUT2D eigenvalue weighted by Crippen LogP contribution is -2.22. The molecule has 0 aliphatic rings. The van der Waals surface area contributed by atoms with Gasteiger partial charge in [-0.1, -0.05) is 0 Å². The van der Waals surface area contributed by atoms with Crippen LogP contribution in [0.4, 0.5) is 11.5 Å². The molecule has 5 nitrogen and oxygen atoms in total. The molecule has 2 N–H and O–H groups in total. The van der Waals surface area contributed by atoms with Crippen molar-refractivity contribution in [1.29, 1.82) is 0 Å². The summed E-state index contributed by atoms with van der Waals surface area (Å²) in [6.07, 6.45) is 4.61. The smallest absolute Gasteiger partial charge is 0.239 e. The zero-order valence-electron chi connectivity index (χ0n) is 12.8. The summed E-state index contributed by atoms with van der Waals surface area (Å²) in [5.41, 5.74) is 7.71. The average molecular weight is 286 g/mol. The number of nitrogens with two attached hydrogens (primary N) is 1. The lowest BCUT2D eigenvalue weighted by molar-refractivity contribution is 0.234. The number of hydrogen-bond donors (Lipinski definition) is 1. The van der Waals surface area contributed by atoms with Gasteiger partial charge in [0.2, 0.25) is 5.88 Å². The minimum Gasteiger partial charge on any atom is -0.473 e. The molecule has 0 saturated carbocycles. The van der Waals surface area contributed by atoms with E-state index >= 15 is 0 Å². The van der Waals surface area contributed by atoms with Crippen LogP contribution in [0.15, 0.2) is 36.7 Å². The van der Waals surface area contributed by atoms with Crippen molar-refractivity contribution in [2.75, 3.05) is 24.2 Å².